The van der Waals surface area contributed by atoms with Crippen LogP contribution in [0, 0.1) is 0 Å². The summed E-state index contributed by atoms with van der Waals surface area (Å²) in [5, 5.41) is 5.48. The Labute approximate surface area is 115 Å². The molecule has 0 saturated carbocycles. The molecule has 0 fully saturated rings. The number of halogens is 3. The van der Waals surface area contributed by atoms with Crippen molar-refractivity contribution in [2.45, 2.75) is 19.2 Å². The Balaban J connectivity index is 2.49. The topological polar surface area (TPSA) is 50.4 Å². The first-order valence-electron chi connectivity index (χ1n) is 6.17. The smallest absolute Gasteiger partial charge is 0.406 e. The van der Waals surface area contributed by atoms with Crippen LogP contribution in [0.3, 0.4) is 0 Å². The van der Waals surface area contributed by atoms with Gasteiger partial charge >= 0.3 is 6.36 Å². The summed E-state index contributed by atoms with van der Waals surface area (Å²) in [4.78, 5) is 11.3. The molecule has 0 aliphatic carbocycles. The monoisotopic (exact) mass is 290 g/mol. The van der Waals surface area contributed by atoms with Crippen molar-refractivity contribution in [3.8, 4) is 5.75 Å². The van der Waals surface area contributed by atoms with Crippen molar-refractivity contribution in [3.63, 3.8) is 0 Å². The summed E-state index contributed by atoms with van der Waals surface area (Å²) in [5.41, 5.74) is 0.402. The van der Waals surface area contributed by atoms with E-state index in [1.54, 1.807) is 19.2 Å². The fourth-order valence-electron chi connectivity index (χ4n) is 1.60. The van der Waals surface area contributed by atoms with Gasteiger partial charge in [-0.1, -0.05) is 18.2 Å². The maximum absolute atomic E-state index is 12.2. The molecule has 1 amide bonds. The quantitative estimate of drug-likeness (QED) is 0.806. The fraction of sp³-hybridized carbons (Fsp3) is 0.462. The highest BCUT2D eigenvalue weighted by Gasteiger charge is 2.31. The van der Waals surface area contributed by atoms with Crippen LogP contribution in [0.25, 0.3) is 0 Å². The first-order chi connectivity index (χ1) is 9.42. The molecule has 1 rings (SSSR count). The zero-order chi connectivity index (χ0) is 15.0. The molecule has 0 radical (unpaired) electrons. The summed E-state index contributed by atoms with van der Waals surface area (Å²) in [6.45, 7) is 0.820. The van der Waals surface area contributed by atoms with Crippen molar-refractivity contribution < 1.29 is 22.7 Å². The largest absolute Gasteiger partial charge is 0.573 e. The maximum atomic E-state index is 12.2. The molecular weight excluding hydrogens is 273 g/mol. The highest BCUT2D eigenvalue weighted by atomic mass is 19.4. The predicted octanol–water partition coefficient (Wildman–Crippen LogP) is 1.85. The van der Waals surface area contributed by atoms with Gasteiger partial charge in [0.25, 0.3) is 0 Å². The van der Waals surface area contributed by atoms with Gasteiger partial charge in [-0.2, -0.15) is 0 Å². The number of nitrogens with one attached hydrogen (secondary N) is 2. The van der Waals surface area contributed by atoms with E-state index in [9.17, 15) is 18.0 Å². The number of amides is 1. The molecule has 2 N–H and O–H groups in total. The lowest BCUT2D eigenvalue weighted by Gasteiger charge is -2.13. The number of alkyl halides is 3. The molecule has 0 aromatic heterocycles. The lowest BCUT2D eigenvalue weighted by atomic mass is 10.1. The SMILES string of the molecule is CNCCC(=O)NCCc1ccccc1OC(F)(F)F. The molecule has 0 unspecified atom stereocenters. The van der Waals surface area contributed by atoms with Gasteiger partial charge in [0, 0.05) is 19.5 Å². The zero-order valence-electron chi connectivity index (χ0n) is 11.1. The van der Waals surface area contributed by atoms with Crippen molar-refractivity contribution >= 4 is 5.91 Å². The molecule has 20 heavy (non-hydrogen) atoms. The number of para-hydroxylation sites is 1. The molecule has 0 atom stereocenters. The highest BCUT2D eigenvalue weighted by Crippen LogP contribution is 2.26. The Morgan fingerprint density at radius 3 is 2.60 bits per heavy atom. The van der Waals surface area contributed by atoms with E-state index in [0.29, 0.717) is 18.5 Å². The van der Waals surface area contributed by atoms with Crippen molar-refractivity contribution in [2.75, 3.05) is 20.1 Å². The fourth-order valence-corrected chi connectivity index (χ4v) is 1.60. The summed E-state index contributed by atoms with van der Waals surface area (Å²) in [5.74, 6) is -0.377. The van der Waals surface area contributed by atoms with Gasteiger partial charge in [0.15, 0.2) is 0 Å². The molecule has 0 heterocycles. The molecule has 4 nitrogen and oxygen atoms in total. The summed E-state index contributed by atoms with van der Waals surface area (Å²) < 4.78 is 40.6. The molecule has 7 heteroatoms. The van der Waals surface area contributed by atoms with Crippen LogP contribution in [0.15, 0.2) is 24.3 Å². The standard InChI is InChI=1S/C13H17F3N2O2/c1-17-8-7-12(19)18-9-6-10-4-2-3-5-11(10)20-13(14,15)16/h2-5,17H,6-9H2,1H3,(H,18,19). The Morgan fingerprint density at radius 2 is 1.95 bits per heavy atom. The number of rotatable bonds is 7. The minimum absolute atomic E-state index is 0.145. The second kappa shape index (κ2) is 7.74. The van der Waals surface area contributed by atoms with Crippen LogP contribution in [0.2, 0.25) is 0 Å². The third kappa shape index (κ3) is 6.42. The molecule has 112 valence electrons. The van der Waals surface area contributed by atoms with E-state index >= 15 is 0 Å². The van der Waals surface area contributed by atoms with Gasteiger partial charge in [-0.05, 0) is 25.1 Å². The number of carbonyl (C=O) groups is 1. The maximum Gasteiger partial charge on any atom is 0.573 e. The van der Waals surface area contributed by atoms with E-state index in [4.69, 9.17) is 0 Å². The van der Waals surface area contributed by atoms with Crippen LogP contribution >= 0.6 is 0 Å². The van der Waals surface area contributed by atoms with E-state index in [-0.39, 0.29) is 24.6 Å². The molecule has 1 aromatic rings. The van der Waals surface area contributed by atoms with E-state index in [2.05, 4.69) is 15.4 Å². The van der Waals surface area contributed by atoms with Crippen LogP contribution in [0.1, 0.15) is 12.0 Å². The Hall–Kier alpha value is -1.76. The molecule has 1 aromatic carbocycles. The Kier molecular flexibility index (Phi) is 6.30. The average molecular weight is 290 g/mol. The minimum Gasteiger partial charge on any atom is -0.406 e. The minimum atomic E-state index is -4.72. The van der Waals surface area contributed by atoms with E-state index in [0.717, 1.165) is 0 Å². The number of ether oxygens (including phenoxy) is 1. The second-order valence-corrected chi connectivity index (χ2v) is 4.11. The van der Waals surface area contributed by atoms with Crippen LogP contribution in [-0.2, 0) is 11.2 Å². The average Bonchev–Trinajstić information content (AvgIpc) is 2.36. The van der Waals surface area contributed by atoms with Crippen molar-refractivity contribution in [1.29, 1.82) is 0 Å². The number of hydrogen-bond donors (Lipinski definition) is 2. The van der Waals surface area contributed by atoms with Crippen molar-refractivity contribution in [2.24, 2.45) is 0 Å². The summed E-state index contributed by atoms with van der Waals surface area (Å²) in [6.07, 6.45) is -4.11. The molecule has 0 bridgehead atoms. The van der Waals surface area contributed by atoms with E-state index < -0.39 is 6.36 Å². The number of carbonyl (C=O) groups excluding carboxylic acids is 1. The number of hydrogen-bond acceptors (Lipinski definition) is 3. The second-order valence-electron chi connectivity index (χ2n) is 4.11. The third-order valence-electron chi connectivity index (χ3n) is 2.52. The van der Waals surface area contributed by atoms with Crippen molar-refractivity contribution in [3.05, 3.63) is 29.8 Å². The van der Waals surface area contributed by atoms with Crippen LogP contribution in [0.5, 0.6) is 5.75 Å². The van der Waals surface area contributed by atoms with Gasteiger partial charge in [0.2, 0.25) is 5.91 Å². The molecule has 0 spiro atoms. The molecule has 0 saturated heterocycles. The van der Waals surface area contributed by atoms with Gasteiger partial charge in [-0.15, -0.1) is 13.2 Å². The van der Waals surface area contributed by atoms with Gasteiger partial charge in [-0.3, -0.25) is 4.79 Å². The highest BCUT2D eigenvalue weighted by molar-refractivity contribution is 5.76. The number of benzene rings is 1. The first-order valence-corrected chi connectivity index (χ1v) is 6.17. The lowest BCUT2D eigenvalue weighted by molar-refractivity contribution is -0.274. The molecule has 0 aliphatic heterocycles. The van der Waals surface area contributed by atoms with E-state index in [1.165, 1.54) is 12.1 Å². The van der Waals surface area contributed by atoms with Crippen LogP contribution < -0.4 is 15.4 Å². The Morgan fingerprint density at radius 1 is 1.25 bits per heavy atom. The normalized spacial score (nSPS) is 11.2. The van der Waals surface area contributed by atoms with Crippen LogP contribution in [0.4, 0.5) is 13.2 Å². The first kappa shape index (κ1) is 16.3. The van der Waals surface area contributed by atoms with Crippen LogP contribution in [-0.4, -0.2) is 32.4 Å². The van der Waals surface area contributed by atoms with Gasteiger partial charge in [0.05, 0.1) is 0 Å². The predicted molar refractivity (Wildman–Crippen MR) is 68.4 cm³/mol. The van der Waals surface area contributed by atoms with Gasteiger partial charge in [0.1, 0.15) is 5.75 Å². The zero-order valence-corrected chi connectivity index (χ0v) is 11.1. The van der Waals surface area contributed by atoms with Crippen molar-refractivity contribution in [1.82, 2.24) is 10.6 Å². The third-order valence-corrected chi connectivity index (χ3v) is 2.52. The molecule has 0 aliphatic rings. The van der Waals surface area contributed by atoms with E-state index in [1.807, 2.05) is 0 Å². The lowest BCUT2D eigenvalue weighted by Crippen LogP contribution is -2.28. The van der Waals surface area contributed by atoms with Gasteiger partial charge < -0.3 is 15.4 Å². The summed E-state index contributed by atoms with van der Waals surface area (Å²) in [6, 6.07) is 5.89. The summed E-state index contributed by atoms with van der Waals surface area (Å²) >= 11 is 0. The Bertz CT molecular complexity index is 436. The summed E-state index contributed by atoms with van der Waals surface area (Å²) in [7, 11) is 1.73. The van der Waals surface area contributed by atoms with Gasteiger partial charge in [-0.25, -0.2) is 0 Å². The molecular formula is C13H17F3N2O2.